The molecule has 4 nitrogen and oxygen atoms in total. The SMILES string of the molecule is O=S(O)Nc1ccc2ccccc2c1C1CN(C(c2ccc(Cl)cc2)c2ccc(Cl)cc2)C1. The third-order valence-corrected chi connectivity index (χ3v) is 7.12. The van der Waals surface area contributed by atoms with Crippen molar-refractivity contribution in [2.24, 2.45) is 0 Å². The summed E-state index contributed by atoms with van der Waals surface area (Å²) in [6.07, 6.45) is 0. The largest absolute Gasteiger partial charge is 0.291 e. The fraction of sp³-hybridized carbons (Fsp3) is 0.154. The molecular formula is C26H22Cl2N2O2S. The standard InChI is InChI=1S/C26H22Cl2N2O2S/c27-21-10-5-18(6-11-21)26(19-7-12-22(28)13-8-19)30-15-20(16-30)25-23-4-2-1-3-17(23)9-14-24(25)29-33(31)32/h1-14,20,26,29H,15-16H2,(H,31,32). The summed E-state index contributed by atoms with van der Waals surface area (Å²) in [5, 5.41) is 3.64. The molecule has 5 rings (SSSR count). The van der Waals surface area contributed by atoms with E-state index in [0.717, 1.165) is 40.6 Å². The summed E-state index contributed by atoms with van der Waals surface area (Å²) in [6, 6.07) is 28.0. The molecule has 33 heavy (non-hydrogen) atoms. The van der Waals surface area contributed by atoms with Crippen molar-refractivity contribution >= 4 is 50.9 Å². The van der Waals surface area contributed by atoms with Gasteiger partial charge in [-0.3, -0.25) is 14.2 Å². The number of likely N-dealkylation sites (tertiary alicyclic amines) is 1. The minimum absolute atomic E-state index is 0.0640. The number of hydrogen-bond donors (Lipinski definition) is 2. The molecule has 1 heterocycles. The Bertz CT molecular complexity index is 1260. The monoisotopic (exact) mass is 496 g/mol. The summed E-state index contributed by atoms with van der Waals surface area (Å²) in [6.45, 7) is 1.63. The van der Waals surface area contributed by atoms with Crippen molar-refractivity contribution < 1.29 is 8.76 Å². The van der Waals surface area contributed by atoms with Gasteiger partial charge in [0.15, 0.2) is 0 Å². The first-order valence-corrected chi connectivity index (χ1v) is 12.5. The maximum atomic E-state index is 11.6. The number of rotatable bonds is 6. The third kappa shape index (κ3) is 4.65. The van der Waals surface area contributed by atoms with Crippen molar-refractivity contribution in [3.8, 4) is 0 Å². The van der Waals surface area contributed by atoms with Crippen molar-refractivity contribution in [2.45, 2.75) is 12.0 Å². The maximum absolute atomic E-state index is 11.6. The molecule has 0 aromatic heterocycles. The van der Waals surface area contributed by atoms with Gasteiger partial charge in [-0.15, -0.1) is 0 Å². The summed E-state index contributed by atoms with van der Waals surface area (Å²) in [5.74, 6) is 0.226. The van der Waals surface area contributed by atoms with Crippen LogP contribution >= 0.6 is 23.2 Å². The molecule has 2 N–H and O–H groups in total. The van der Waals surface area contributed by atoms with Crippen LogP contribution in [0.1, 0.15) is 28.7 Å². The van der Waals surface area contributed by atoms with E-state index in [-0.39, 0.29) is 12.0 Å². The average molecular weight is 497 g/mol. The molecule has 0 amide bonds. The van der Waals surface area contributed by atoms with Crippen LogP contribution in [0.25, 0.3) is 10.8 Å². The first-order valence-electron chi connectivity index (χ1n) is 10.6. The molecule has 7 heteroatoms. The average Bonchev–Trinajstić information content (AvgIpc) is 2.78. The van der Waals surface area contributed by atoms with Gasteiger partial charge in [0.1, 0.15) is 0 Å². The number of benzene rings is 4. The molecule has 0 spiro atoms. The molecule has 168 valence electrons. The Morgan fingerprint density at radius 2 is 1.42 bits per heavy atom. The molecular weight excluding hydrogens is 475 g/mol. The normalized spacial score (nSPS) is 15.5. The summed E-state index contributed by atoms with van der Waals surface area (Å²) >= 11 is 10.2. The van der Waals surface area contributed by atoms with Gasteiger partial charge in [0.25, 0.3) is 11.3 Å². The highest BCUT2D eigenvalue weighted by atomic mass is 35.5. The molecule has 0 bridgehead atoms. The van der Waals surface area contributed by atoms with Crippen LogP contribution in [-0.4, -0.2) is 26.8 Å². The van der Waals surface area contributed by atoms with E-state index in [1.54, 1.807) is 0 Å². The van der Waals surface area contributed by atoms with Crippen LogP contribution in [-0.2, 0) is 11.3 Å². The van der Waals surface area contributed by atoms with Gasteiger partial charge in [-0.25, -0.2) is 4.21 Å². The first kappa shape index (κ1) is 22.4. The van der Waals surface area contributed by atoms with Crippen LogP contribution in [0, 0.1) is 0 Å². The van der Waals surface area contributed by atoms with E-state index in [9.17, 15) is 8.76 Å². The van der Waals surface area contributed by atoms with Gasteiger partial charge in [-0.1, -0.05) is 77.8 Å². The molecule has 1 unspecified atom stereocenters. The third-order valence-electron chi connectivity index (χ3n) is 6.22. The minimum atomic E-state index is -2.13. The van der Waals surface area contributed by atoms with E-state index < -0.39 is 11.3 Å². The van der Waals surface area contributed by atoms with Crippen molar-refractivity contribution in [2.75, 3.05) is 17.8 Å². The minimum Gasteiger partial charge on any atom is -0.291 e. The highest BCUT2D eigenvalue weighted by molar-refractivity contribution is 7.80. The summed E-state index contributed by atoms with van der Waals surface area (Å²) < 4.78 is 23.8. The molecule has 0 aliphatic carbocycles. The number of nitrogens with zero attached hydrogens (tertiary/aromatic N) is 1. The fourth-order valence-corrected chi connectivity index (χ4v) is 5.35. The predicted octanol–water partition coefficient (Wildman–Crippen LogP) is 6.88. The zero-order chi connectivity index (χ0) is 22.9. The van der Waals surface area contributed by atoms with Gasteiger partial charge in [0, 0.05) is 29.1 Å². The molecule has 1 fully saturated rings. The number of hydrogen-bond acceptors (Lipinski definition) is 2. The lowest BCUT2D eigenvalue weighted by Gasteiger charge is -2.46. The number of anilines is 1. The van der Waals surface area contributed by atoms with Crippen LogP contribution in [0.2, 0.25) is 10.0 Å². The number of halogens is 2. The fourth-order valence-electron chi connectivity index (χ4n) is 4.73. The van der Waals surface area contributed by atoms with Crippen LogP contribution in [0.15, 0.2) is 84.9 Å². The van der Waals surface area contributed by atoms with Gasteiger partial charge in [0.2, 0.25) is 0 Å². The van der Waals surface area contributed by atoms with E-state index in [1.165, 1.54) is 0 Å². The zero-order valence-electron chi connectivity index (χ0n) is 17.6. The van der Waals surface area contributed by atoms with Crippen LogP contribution in [0.4, 0.5) is 5.69 Å². The number of fused-ring (bicyclic) bond motifs is 1. The predicted molar refractivity (Wildman–Crippen MR) is 137 cm³/mol. The topological polar surface area (TPSA) is 52.6 Å². The Balaban J connectivity index is 1.49. The quantitative estimate of drug-likeness (QED) is 0.286. The lowest BCUT2D eigenvalue weighted by molar-refractivity contribution is 0.112. The maximum Gasteiger partial charge on any atom is 0.259 e. The zero-order valence-corrected chi connectivity index (χ0v) is 19.9. The van der Waals surface area contributed by atoms with Crippen molar-refractivity contribution in [3.05, 3.63) is 112 Å². The molecule has 4 aromatic carbocycles. The second-order valence-corrected chi connectivity index (χ2v) is 9.83. The van der Waals surface area contributed by atoms with Crippen molar-refractivity contribution in [1.29, 1.82) is 0 Å². The van der Waals surface area contributed by atoms with Gasteiger partial charge < -0.3 is 0 Å². The summed E-state index contributed by atoms with van der Waals surface area (Å²) in [4.78, 5) is 2.42. The van der Waals surface area contributed by atoms with Crippen LogP contribution in [0.3, 0.4) is 0 Å². The molecule has 1 saturated heterocycles. The smallest absolute Gasteiger partial charge is 0.259 e. The number of nitrogens with one attached hydrogen (secondary N) is 1. The molecule has 1 aliphatic rings. The highest BCUT2D eigenvalue weighted by Crippen LogP contribution is 2.43. The summed E-state index contributed by atoms with van der Waals surface area (Å²) in [7, 11) is 0. The lowest BCUT2D eigenvalue weighted by Crippen LogP contribution is -2.47. The van der Waals surface area contributed by atoms with Gasteiger partial charge in [-0.05, 0) is 57.8 Å². The highest BCUT2D eigenvalue weighted by Gasteiger charge is 2.36. The summed E-state index contributed by atoms with van der Waals surface area (Å²) in [5.41, 5.74) is 4.10. The second-order valence-electron chi connectivity index (χ2n) is 8.26. The Morgan fingerprint density at radius 1 is 0.848 bits per heavy atom. The lowest BCUT2D eigenvalue weighted by atomic mass is 9.83. The van der Waals surface area contributed by atoms with Crippen LogP contribution < -0.4 is 4.72 Å². The first-order chi connectivity index (χ1) is 16.0. The Kier molecular flexibility index (Phi) is 6.41. The van der Waals surface area contributed by atoms with Gasteiger partial charge in [-0.2, -0.15) is 0 Å². The molecule has 1 aliphatic heterocycles. The Labute approximate surface area is 205 Å². The second kappa shape index (κ2) is 9.45. The van der Waals surface area contributed by atoms with Gasteiger partial charge >= 0.3 is 0 Å². The van der Waals surface area contributed by atoms with Crippen LogP contribution in [0.5, 0.6) is 0 Å². The van der Waals surface area contributed by atoms with Crippen molar-refractivity contribution in [1.82, 2.24) is 4.90 Å². The molecule has 0 saturated carbocycles. The molecule has 4 aromatic rings. The van der Waals surface area contributed by atoms with Crippen molar-refractivity contribution in [3.63, 3.8) is 0 Å². The Morgan fingerprint density at radius 3 is 2.00 bits per heavy atom. The molecule has 1 atom stereocenters. The van der Waals surface area contributed by atoms with E-state index in [0.29, 0.717) is 15.7 Å². The van der Waals surface area contributed by atoms with E-state index in [2.05, 4.69) is 46.0 Å². The van der Waals surface area contributed by atoms with E-state index >= 15 is 0 Å². The molecule has 0 radical (unpaired) electrons. The van der Waals surface area contributed by atoms with Gasteiger partial charge in [0.05, 0.1) is 11.7 Å². The van der Waals surface area contributed by atoms with E-state index in [1.807, 2.05) is 48.5 Å². The van der Waals surface area contributed by atoms with E-state index in [4.69, 9.17) is 23.2 Å². The Hall–Kier alpha value is -2.41.